The third-order valence-corrected chi connectivity index (χ3v) is 3.87. The molecule has 0 aliphatic rings. The Bertz CT molecular complexity index is 1030. The van der Waals surface area contributed by atoms with E-state index in [1.54, 1.807) is 30.3 Å². The Morgan fingerprint density at radius 1 is 1.21 bits per heavy atom. The molecule has 1 heterocycles. The first-order chi connectivity index (χ1) is 11.5. The summed E-state index contributed by atoms with van der Waals surface area (Å²) in [7, 11) is 0. The monoisotopic (exact) mass is 339 g/mol. The minimum atomic E-state index is -0.165. The van der Waals surface area contributed by atoms with Crippen LogP contribution in [0.2, 0.25) is 5.02 Å². The Labute approximate surface area is 143 Å². The maximum atomic E-state index is 12.5. The summed E-state index contributed by atoms with van der Waals surface area (Å²) in [5.74, 6) is -0.147. The van der Waals surface area contributed by atoms with Crippen molar-refractivity contribution in [2.75, 3.05) is 0 Å². The maximum absolute atomic E-state index is 12.5. The molecule has 24 heavy (non-hydrogen) atoms. The zero-order valence-corrected chi connectivity index (χ0v) is 13.9. The smallest absolute Gasteiger partial charge is 0.201 e. The van der Waals surface area contributed by atoms with Crippen molar-refractivity contribution < 1.29 is 9.21 Å². The molecule has 0 aliphatic carbocycles. The molecule has 3 aromatic rings. The predicted octanol–water partition coefficient (Wildman–Crippen LogP) is 4.71. The van der Waals surface area contributed by atoms with Gasteiger partial charge in [0, 0.05) is 16.8 Å². The van der Waals surface area contributed by atoms with E-state index in [0.29, 0.717) is 32.8 Å². The lowest BCUT2D eigenvalue weighted by Gasteiger charge is -2.03. The number of fused-ring (bicyclic) bond motifs is 1. The van der Waals surface area contributed by atoms with E-state index in [4.69, 9.17) is 16.0 Å². The molecule has 3 rings (SSSR count). The van der Waals surface area contributed by atoms with Crippen molar-refractivity contribution in [1.29, 1.82) is 0 Å². The Morgan fingerprint density at radius 3 is 2.75 bits per heavy atom. The fraction of sp³-hybridized carbons (Fsp3) is 0.105. The van der Waals surface area contributed by atoms with Crippen molar-refractivity contribution in [3.8, 4) is 0 Å². The van der Waals surface area contributed by atoms with Crippen LogP contribution in [0.5, 0.6) is 0 Å². The fourth-order valence-electron chi connectivity index (χ4n) is 2.39. The maximum Gasteiger partial charge on any atom is 0.201 e. The first-order valence-electron chi connectivity index (χ1n) is 7.32. The third-order valence-electron chi connectivity index (χ3n) is 3.64. The van der Waals surface area contributed by atoms with E-state index < -0.39 is 0 Å². The topological polar surface area (TPSA) is 59.6 Å². The van der Waals surface area contributed by atoms with Gasteiger partial charge in [0.05, 0.1) is 16.6 Å². The second kappa shape index (κ2) is 6.42. The number of carbonyl (C=O) groups excluding carboxylic acids is 1. The summed E-state index contributed by atoms with van der Waals surface area (Å²) >= 11 is 5.91. The molecule has 120 valence electrons. The largest absolute Gasteiger partial charge is 0.463 e. The van der Waals surface area contributed by atoms with Gasteiger partial charge >= 0.3 is 0 Å². The van der Waals surface area contributed by atoms with Crippen LogP contribution in [0.3, 0.4) is 0 Å². The summed E-state index contributed by atoms with van der Waals surface area (Å²) in [5.41, 5.74) is 2.51. The lowest BCUT2D eigenvalue weighted by atomic mass is 10.1. The Hall–Kier alpha value is -2.72. The molecule has 0 atom stereocenters. The van der Waals surface area contributed by atoms with Gasteiger partial charge in [0.1, 0.15) is 11.8 Å². The van der Waals surface area contributed by atoms with Crippen molar-refractivity contribution in [2.24, 2.45) is 4.99 Å². The van der Waals surface area contributed by atoms with Crippen molar-refractivity contribution in [2.45, 2.75) is 13.8 Å². The highest BCUT2D eigenvalue weighted by molar-refractivity contribution is 6.31. The number of rotatable bonds is 3. The van der Waals surface area contributed by atoms with Crippen LogP contribution in [-0.2, 0) is 0 Å². The molecule has 1 aromatic heterocycles. The summed E-state index contributed by atoms with van der Waals surface area (Å²) in [5, 5.41) is 0.960. The van der Waals surface area contributed by atoms with Crippen LogP contribution < -0.4 is 5.43 Å². The van der Waals surface area contributed by atoms with E-state index in [0.717, 1.165) is 5.56 Å². The van der Waals surface area contributed by atoms with Crippen LogP contribution in [0.4, 0.5) is 5.69 Å². The van der Waals surface area contributed by atoms with Crippen molar-refractivity contribution in [3.63, 3.8) is 0 Å². The van der Waals surface area contributed by atoms with Gasteiger partial charge in [-0.15, -0.1) is 0 Å². The average Bonchev–Trinajstić information content (AvgIpc) is 2.55. The summed E-state index contributed by atoms with van der Waals surface area (Å²) in [6.45, 7) is 3.35. The first kappa shape index (κ1) is 16.1. The van der Waals surface area contributed by atoms with Crippen LogP contribution >= 0.6 is 11.6 Å². The molecule has 4 nitrogen and oxygen atoms in total. The fourth-order valence-corrected chi connectivity index (χ4v) is 2.56. The molecule has 0 saturated heterocycles. The van der Waals surface area contributed by atoms with Gasteiger partial charge in [0.15, 0.2) is 5.78 Å². The highest BCUT2D eigenvalue weighted by Crippen LogP contribution is 2.24. The molecule has 0 saturated carbocycles. The Balaban J connectivity index is 2.07. The van der Waals surface area contributed by atoms with Gasteiger partial charge in [-0.3, -0.25) is 14.6 Å². The molecule has 0 unspecified atom stereocenters. The molecule has 0 N–H and O–H groups in total. The number of ketones is 1. The van der Waals surface area contributed by atoms with Crippen LogP contribution in [0.25, 0.3) is 11.0 Å². The number of hydrogen-bond acceptors (Lipinski definition) is 4. The van der Waals surface area contributed by atoms with E-state index in [1.807, 2.05) is 13.0 Å². The predicted molar refractivity (Wildman–Crippen MR) is 95.9 cm³/mol. The molecule has 5 heteroatoms. The third kappa shape index (κ3) is 3.14. The summed E-state index contributed by atoms with van der Waals surface area (Å²) in [4.78, 5) is 28.5. The van der Waals surface area contributed by atoms with E-state index in [-0.39, 0.29) is 11.2 Å². The number of halogens is 1. The quantitative estimate of drug-likeness (QED) is 0.513. The van der Waals surface area contributed by atoms with Crippen molar-refractivity contribution in [3.05, 3.63) is 74.6 Å². The molecular weight excluding hydrogens is 326 g/mol. The Kier molecular flexibility index (Phi) is 4.32. The number of carbonyl (C=O) groups is 1. The minimum absolute atomic E-state index is 0.147. The number of hydrogen-bond donors (Lipinski definition) is 0. The summed E-state index contributed by atoms with van der Waals surface area (Å²) in [6, 6.07) is 10.3. The number of benzene rings is 2. The number of aryl methyl sites for hydroxylation is 1. The van der Waals surface area contributed by atoms with Gasteiger partial charge in [-0.2, -0.15) is 0 Å². The number of aliphatic imine (C=N–C) groups is 1. The van der Waals surface area contributed by atoms with E-state index in [9.17, 15) is 9.59 Å². The second-order valence-electron chi connectivity index (χ2n) is 5.50. The molecule has 0 fully saturated rings. The molecule has 2 aromatic carbocycles. The van der Waals surface area contributed by atoms with Crippen molar-refractivity contribution >= 4 is 40.3 Å². The highest BCUT2D eigenvalue weighted by atomic mass is 35.5. The Morgan fingerprint density at radius 2 is 2.00 bits per heavy atom. The zero-order valence-electron chi connectivity index (χ0n) is 13.2. The minimum Gasteiger partial charge on any atom is -0.463 e. The molecule has 0 spiro atoms. The molecule has 0 aliphatic heterocycles. The van der Waals surface area contributed by atoms with E-state index in [2.05, 4.69) is 4.99 Å². The van der Waals surface area contributed by atoms with Gasteiger partial charge in [-0.25, -0.2) is 0 Å². The van der Waals surface area contributed by atoms with Crippen LogP contribution in [-0.4, -0.2) is 12.0 Å². The lowest BCUT2D eigenvalue weighted by molar-refractivity contribution is 0.101. The standard InChI is InChI=1S/C19H14ClNO3/c1-11-3-6-18-16(7-11)19(23)13(10-24-18)9-21-17-5-4-14(20)8-15(17)12(2)22/h3-10H,1-2H3. The highest BCUT2D eigenvalue weighted by Gasteiger charge is 2.09. The number of Topliss-reactive ketones (excluding diaryl/α,β-unsaturated/α-hetero) is 1. The van der Waals surface area contributed by atoms with Gasteiger partial charge in [-0.1, -0.05) is 23.2 Å². The van der Waals surface area contributed by atoms with E-state index in [1.165, 1.54) is 19.4 Å². The van der Waals surface area contributed by atoms with Crippen LogP contribution in [0, 0.1) is 6.92 Å². The van der Waals surface area contributed by atoms with Crippen molar-refractivity contribution in [1.82, 2.24) is 0 Å². The van der Waals surface area contributed by atoms with Gasteiger partial charge in [0.25, 0.3) is 0 Å². The van der Waals surface area contributed by atoms with Crippen LogP contribution in [0.1, 0.15) is 28.4 Å². The van der Waals surface area contributed by atoms with Crippen LogP contribution in [0.15, 0.2) is 56.9 Å². The SMILES string of the molecule is CC(=O)c1cc(Cl)ccc1N=Cc1coc2ccc(C)cc2c1=O. The average molecular weight is 340 g/mol. The number of nitrogens with zero attached hydrogens (tertiary/aromatic N) is 1. The lowest BCUT2D eigenvalue weighted by Crippen LogP contribution is -2.08. The zero-order chi connectivity index (χ0) is 17.3. The summed E-state index contributed by atoms with van der Waals surface area (Å²) < 4.78 is 5.48. The van der Waals surface area contributed by atoms with Gasteiger partial charge in [-0.05, 0) is 44.2 Å². The normalized spacial score (nSPS) is 11.3. The van der Waals surface area contributed by atoms with Gasteiger partial charge in [0.2, 0.25) is 5.43 Å². The molecule has 0 amide bonds. The molecule has 0 bridgehead atoms. The molecule has 0 radical (unpaired) electrons. The molecular formula is C19H14ClNO3. The second-order valence-corrected chi connectivity index (χ2v) is 5.93. The van der Waals surface area contributed by atoms with Gasteiger partial charge < -0.3 is 4.42 Å². The summed E-state index contributed by atoms with van der Waals surface area (Å²) in [6.07, 6.45) is 2.77. The first-order valence-corrected chi connectivity index (χ1v) is 7.70. The van der Waals surface area contributed by atoms with E-state index >= 15 is 0 Å².